The summed E-state index contributed by atoms with van der Waals surface area (Å²) in [6.45, 7) is 6.64. The van der Waals surface area contributed by atoms with E-state index in [9.17, 15) is 14.0 Å². The maximum absolute atomic E-state index is 15.2. The zero-order valence-corrected chi connectivity index (χ0v) is 23.7. The Morgan fingerprint density at radius 3 is 2.41 bits per heavy atom. The summed E-state index contributed by atoms with van der Waals surface area (Å²) in [5, 5.41) is 6.42. The van der Waals surface area contributed by atoms with Crippen molar-refractivity contribution in [1.29, 1.82) is 0 Å². The standard InChI is InChI=1S/C27H36F2N4O2P2/c1-15(18-4-3-5-19(16(2)36)24(18)28)30-25(35)20-13-33(27(8-9-27)26(29)37)23(34)12-21(20)31-22-14-32-10-6-17(22)7-11-32/h3-5,12-13,15-17,22,26,31H,6-11,14,36-37H2,1-2H3,(H,30,35)/t15-,16?,22+,26?/m1/s1. The number of alkyl halides is 1. The average molecular weight is 549 g/mol. The topological polar surface area (TPSA) is 66.4 Å². The molecule has 4 heterocycles. The van der Waals surface area contributed by atoms with Crippen molar-refractivity contribution in [2.75, 3.05) is 25.0 Å². The third-order valence-corrected chi connectivity index (χ3v) is 9.39. The van der Waals surface area contributed by atoms with Gasteiger partial charge >= 0.3 is 0 Å². The number of carbonyl (C=O) groups is 1. The number of hydrogen-bond acceptors (Lipinski definition) is 4. The number of carbonyl (C=O) groups excluding carboxylic acids is 1. The van der Waals surface area contributed by atoms with Crippen molar-refractivity contribution in [2.45, 2.75) is 68.7 Å². The number of halogens is 2. The summed E-state index contributed by atoms with van der Waals surface area (Å²) in [6.07, 6.45) is 4.72. The Balaban J connectivity index is 1.48. The first-order valence-electron chi connectivity index (χ1n) is 13.1. The molecular formula is C27H36F2N4O2P2. The van der Waals surface area contributed by atoms with E-state index in [0.717, 1.165) is 32.5 Å². The Bertz CT molecular complexity index is 1240. The zero-order chi connectivity index (χ0) is 26.5. The number of anilines is 1. The molecule has 0 radical (unpaired) electrons. The van der Waals surface area contributed by atoms with Crippen LogP contribution in [0, 0.1) is 11.7 Å². The third-order valence-electron chi connectivity index (χ3n) is 8.41. The maximum Gasteiger partial charge on any atom is 0.255 e. The lowest BCUT2D eigenvalue weighted by molar-refractivity contribution is 0.0933. The van der Waals surface area contributed by atoms with Crippen molar-refractivity contribution >= 4 is 30.1 Å². The van der Waals surface area contributed by atoms with E-state index in [4.69, 9.17) is 0 Å². The molecule has 2 bridgehead atoms. The highest BCUT2D eigenvalue weighted by Crippen LogP contribution is 2.49. The second-order valence-electron chi connectivity index (χ2n) is 10.9. The number of fused-ring (bicyclic) bond motifs is 3. The van der Waals surface area contributed by atoms with Crippen molar-refractivity contribution in [3.63, 3.8) is 0 Å². The third kappa shape index (κ3) is 5.10. The fraction of sp³-hybridized carbons (Fsp3) is 0.556. The molecule has 1 aromatic heterocycles. The van der Waals surface area contributed by atoms with E-state index in [-0.39, 0.29) is 28.6 Å². The van der Waals surface area contributed by atoms with E-state index in [1.54, 1.807) is 25.1 Å². The molecule has 1 saturated carbocycles. The highest BCUT2D eigenvalue weighted by Gasteiger charge is 2.51. The second-order valence-corrected chi connectivity index (χ2v) is 12.5. The van der Waals surface area contributed by atoms with Crippen molar-refractivity contribution in [3.05, 3.63) is 63.3 Å². The highest BCUT2D eigenvalue weighted by atomic mass is 31.0. The summed E-state index contributed by atoms with van der Waals surface area (Å²) in [7, 11) is 4.75. The Hall–Kier alpha value is -1.88. The average Bonchev–Trinajstić information content (AvgIpc) is 3.67. The van der Waals surface area contributed by atoms with Crippen LogP contribution >= 0.6 is 18.5 Å². The Morgan fingerprint density at radius 2 is 1.84 bits per heavy atom. The summed E-state index contributed by atoms with van der Waals surface area (Å²) in [5.41, 5.74) is 0.345. The van der Waals surface area contributed by atoms with Crippen LogP contribution in [0.5, 0.6) is 0 Å². The molecular weight excluding hydrogens is 512 g/mol. The van der Waals surface area contributed by atoms with Gasteiger partial charge in [-0.1, -0.05) is 34.4 Å². The molecule has 1 aliphatic carbocycles. The number of rotatable bonds is 8. The minimum absolute atomic E-state index is 0.0703. The van der Waals surface area contributed by atoms with Crippen molar-refractivity contribution in [2.24, 2.45) is 5.92 Å². The molecule has 3 saturated heterocycles. The van der Waals surface area contributed by atoms with Crippen molar-refractivity contribution < 1.29 is 13.6 Å². The molecule has 37 heavy (non-hydrogen) atoms. The van der Waals surface area contributed by atoms with Crippen molar-refractivity contribution in [1.82, 2.24) is 14.8 Å². The quantitative estimate of drug-likeness (QED) is 0.474. The van der Waals surface area contributed by atoms with Gasteiger partial charge in [0.05, 0.1) is 22.8 Å². The van der Waals surface area contributed by atoms with Crippen LogP contribution in [-0.4, -0.2) is 47.0 Å². The monoisotopic (exact) mass is 548 g/mol. The second kappa shape index (κ2) is 10.4. The molecule has 3 aliphatic heterocycles. The number of nitrogens with one attached hydrogen (secondary N) is 2. The molecule has 2 aromatic rings. The molecule has 4 fully saturated rings. The van der Waals surface area contributed by atoms with Gasteiger partial charge in [0.25, 0.3) is 11.5 Å². The Morgan fingerprint density at radius 1 is 1.16 bits per heavy atom. The molecule has 2 N–H and O–H groups in total. The molecule has 200 valence electrons. The predicted octanol–water partition coefficient (Wildman–Crippen LogP) is 4.58. The fourth-order valence-corrected chi connectivity index (χ4v) is 6.65. The molecule has 6 nitrogen and oxygen atoms in total. The van der Waals surface area contributed by atoms with E-state index in [2.05, 4.69) is 34.0 Å². The summed E-state index contributed by atoms with van der Waals surface area (Å²) in [5.74, 6) is -1.59. The van der Waals surface area contributed by atoms with E-state index in [1.807, 2.05) is 6.92 Å². The van der Waals surface area contributed by atoms with Gasteiger partial charge in [-0.15, -0.1) is 9.24 Å². The molecule has 4 aliphatic rings. The van der Waals surface area contributed by atoms with Gasteiger partial charge in [-0.25, -0.2) is 8.78 Å². The van der Waals surface area contributed by atoms with Crippen LogP contribution in [0.3, 0.4) is 0 Å². The molecule has 1 aromatic carbocycles. The summed E-state index contributed by atoms with van der Waals surface area (Å²) >= 11 is 0. The van der Waals surface area contributed by atoms with Gasteiger partial charge in [0.1, 0.15) is 11.7 Å². The number of nitrogens with zero attached hydrogens (tertiary/aromatic N) is 2. The van der Waals surface area contributed by atoms with Gasteiger partial charge in [0, 0.05) is 30.4 Å². The van der Waals surface area contributed by atoms with E-state index in [1.165, 1.54) is 16.8 Å². The zero-order valence-electron chi connectivity index (χ0n) is 21.3. The van der Waals surface area contributed by atoms with E-state index in [0.29, 0.717) is 35.6 Å². The van der Waals surface area contributed by atoms with E-state index >= 15 is 4.39 Å². The van der Waals surface area contributed by atoms with Crippen molar-refractivity contribution in [3.8, 4) is 0 Å². The van der Waals surface area contributed by atoms with Gasteiger partial charge in [-0.3, -0.25) is 9.59 Å². The van der Waals surface area contributed by atoms with Crippen LogP contribution in [0.15, 0.2) is 35.3 Å². The molecule has 4 unspecified atom stereocenters. The number of hydrogen-bond donors (Lipinski definition) is 2. The largest absolute Gasteiger partial charge is 0.380 e. The van der Waals surface area contributed by atoms with Crippen LogP contribution in [0.4, 0.5) is 14.5 Å². The molecule has 6 atom stereocenters. The Kier molecular flexibility index (Phi) is 7.48. The summed E-state index contributed by atoms with van der Waals surface area (Å²) in [4.78, 5) is 29.2. The normalized spacial score (nSPS) is 26.3. The first kappa shape index (κ1) is 26.7. The minimum atomic E-state index is -1.30. The molecule has 6 rings (SSSR count). The van der Waals surface area contributed by atoms with Gasteiger partial charge in [0.15, 0.2) is 0 Å². The Labute approximate surface area is 221 Å². The lowest BCUT2D eigenvalue weighted by Gasteiger charge is -2.45. The lowest BCUT2D eigenvalue weighted by atomic mass is 9.84. The predicted molar refractivity (Wildman–Crippen MR) is 149 cm³/mol. The van der Waals surface area contributed by atoms with Crippen LogP contribution in [0.1, 0.15) is 72.7 Å². The molecule has 10 heteroatoms. The number of pyridine rings is 1. The minimum Gasteiger partial charge on any atom is -0.380 e. The van der Waals surface area contributed by atoms with Gasteiger partial charge in [0.2, 0.25) is 0 Å². The van der Waals surface area contributed by atoms with Gasteiger partial charge < -0.3 is 20.1 Å². The van der Waals surface area contributed by atoms with Gasteiger partial charge in [-0.05, 0) is 62.8 Å². The smallest absolute Gasteiger partial charge is 0.255 e. The fourth-order valence-electron chi connectivity index (χ4n) is 5.89. The molecule has 0 spiro atoms. The SMILES string of the molecule is CC(P)c1cccc([C@@H](C)NC(=O)c2cn(C3(C(F)P)CC3)c(=O)cc2N[C@H]2CN3CCC2CC3)c1F. The van der Waals surface area contributed by atoms with Crippen LogP contribution in [0.25, 0.3) is 0 Å². The van der Waals surface area contributed by atoms with Crippen LogP contribution in [-0.2, 0) is 5.54 Å². The van der Waals surface area contributed by atoms with Crippen LogP contribution in [0.2, 0.25) is 0 Å². The first-order valence-corrected chi connectivity index (χ1v) is 14.4. The summed E-state index contributed by atoms with van der Waals surface area (Å²) < 4.78 is 31.1. The first-order chi connectivity index (χ1) is 17.6. The number of aromatic nitrogens is 1. The summed E-state index contributed by atoms with van der Waals surface area (Å²) in [6, 6.07) is 6.15. The van der Waals surface area contributed by atoms with Gasteiger partial charge in [-0.2, -0.15) is 0 Å². The molecule has 1 amide bonds. The lowest BCUT2D eigenvalue weighted by Crippen LogP contribution is -2.53. The highest BCUT2D eigenvalue weighted by molar-refractivity contribution is 7.17. The number of amides is 1. The van der Waals surface area contributed by atoms with Crippen LogP contribution < -0.4 is 16.2 Å². The maximum atomic E-state index is 15.2. The number of piperidine rings is 3. The number of benzene rings is 1. The van der Waals surface area contributed by atoms with E-state index < -0.39 is 23.4 Å².